The van der Waals surface area contributed by atoms with Crippen molar-refractivity contribution in [3.63, 3.8) is 0 Å². The van der Waals surface area contributed by atoms with E-state index in [-0.39, 0.29) is 125 Å². The van der Waals surface area contributed by atoms with Crippen molar-refractivity contribution in [2.24, 2.45) is 29.6 Å². The molecule has 13 rings (SSSR count). The summed E-state index contributed by atoms with van der Waals surface area (Å²) in [4.78, 5) is 153. The van der Waals surface area contributed by atoms with E-state index < -0.39 is 90.1 Å². The highest BCUT2D eigenvalue weighted by Crippen LogP contribution is 2.39. The van der Waals surface area contributed by atoms with Crippen LogP contribution in [0.2, 0.25) is 0 Å². The Morgan fingerprint density at radius 1 is 0.704 bits per heavy atom. The number of hydrogen-bond acceptors (Lipinski definition) is 31. The number of carbonyl (C=O) groups excluding carboxylic acids is 8. The van der Waals surface area contributed by atoms with Crippen molar-refractivity contribution in [2.75, 3.05) is 128 Å². The molecule has 135 heavy (non-hydrogen) atoms. The third-order valence-electron chi connectivity index (χ3n) is 26.6. The Morgan fingerprint density at radius 2 is 1.46 bits per heavy atom. The van der Waals surface area contributed by atoms with Crippen molar-refractivity contribution in [1.82, 2.24) is 70.1 Å². The average molecular weight is 1870 g/mol. The standard InChI is InChI=1S/C98H131N17O20/c1-61-14-10-9-11-15-62(2)83(127-7)48-77-22-17-66(6)98(126,135-77)88(121)93(123)114-30-13-12-16-78(114)94(124)133-76(47-79(117)64(4)43-65(5)81(119)49-80(118)63(3)42-61)23-19-67-20-24-82(84(45-67)128-8)134-97(125)107-52-69-50-103-96(104-51-69)113-33-32-112(58-75(113)59-116)95-105-54-74(55-106-95)92(122)101-29-35-130-37-39-132-41-40-131-38-36-129-34-27-85(120)111-31-26-70-44-68(18-21-72(70)57-111)56-115-91-86(89(99)108-60-109-91)87(110-115)73-46-71-25-28-100-90(71)102-53-73/h9-11,14-15,18,21,25,28,43-44,46,50-51,53-55,60-61,63-64,66-67,75-78,81-84,116,119,126H,12-13,16-17,19-20,22-24,26-27,29-42,45,47-49,52,56-59H2,1-8H3,(H,100,102)(H,101,122)(H,107,125)(H2,99,108,109)/b11-9+,14-10+,62-15+,65-43+/t61-,63-,64-,66-,67-,75?,76-,77?,78+,81+,82-,83+,84-,98-/m1/s1. The van der Waals surface area contributed by atoms with Gasteiger partial charge in [0.1, 0.15) is 53.3 Å². The summed E-state index contributed by atoms with van der Waals surface area (Å²) in [5, 5.41) is 46.2. The van der Waals surface area contributed by atoms with E-state index in [1.807, 2.05) is 88.9 Å². The highest BCUT2D eigenvalue weighted by atomic mass is 16.6. The lowest BCUT2D eigenvalue weighted by molar-refractivity contribution is -0.265. The van der Waals surface area contributed by atoms with E-state index in [0.29, 0.717) is 182 Å². The quantitative estimate of drug-likeness (QED) is 0.00958. The molecule has 11 heterocycles. The Morgan fingerprint density at radius 3 is 2.21 bits per heavy atom. The Labute approximate surface area is 786 Å². The molecule has 37 nitrogen and oxygen atoms in total. The van der Waals surface area contributed by atoms with E-state index in [0.717, 1.165) is 39.7 Å². The van der Waals surface area contributed by atoms with Crippen LogP contribution in [0, 0.1) is 29.6 Å². The van der Waals surface area contributed by atoms with Gasteiger partial charge in [0.25, 0.3) is 17.6 Å². The second kappa shape index (κ2) is 49.0. The number of pyridine rings is 1. The molecule has 2 bridgehead atoms. The number of cyclic esters (lactones) is 1. The van der Waals surface area contributed by atoms with Crippen LogP contribution in [-0.2, 0) is 97.5 Å². The molecule has 4 amide bonds. The van der Waals surface area contributed by atoms with Gasteiger partial charge < -0.3 is 98.9 Å². The molecule has 0 spiro atoms. The number of aliphatic hydroxyl groups is 3. The average Bonchev–Trinajstić information content (AvgIpc) is 1.10. The number of allylic oxidation sites excluding steroid dienone is 6. The number of aromatic amines is 1. The molecule has 4 fully saturated rings. The minimum absolute atomic E-state index is 0.0274. The van der Waals surface area contributed by atoms with E-state index in [1.165, 1.54) is 29.2 Å². The summed E-state index contributed by atoms with van der Waals surface area (Å²) < 4.78 is 54.8. The molecule has 1 saturated carbocycles. The number of nitrogen functional groups attached to an aromatic ring is 1. The van der Waals surface area contributed by atoms with Gasteiger partial charge in [0.05, 0.1) is 114 Å². The van der Waals surface area contributed by atoms with Crippen LogP contribution in [0.4, 0.5) is 22.5 Å². The lowest BCUT2D eigenvalue weighted by Crippen LogP contribution is -2.60. The fourth-order valence-electron chi connectivity index (χ4n) is 18.5. The number of aromatic nitrogens is 10. The summed E-state index contributed by atoms with van der Waals surface area (Å²) in [7, 11) is 3.11. The molecule has 3 saturated heterocycles. The number of rotatable bonds is 30. The van der Waals surface area contributed by atoms with Gasteiger partial charge in [0.2, 0.25) is 23.6 Å². The Bertz CT molecular complexity index is 5320. The molecule has 8 N–H and O–H groups in total. The van der Waals surface area contributed by atoms with Crippen molar-refractivity contribution in [3.05, 3.63) is 149 Å². The van der Waals surface area contributed by atoms with Crippen LogP contribution < -0.4 is 26.2 Å². The van der Waals surface area contributed by atoms with Gasteiger partial charge in [-0.1, -0.05) is 82.4 Å². The molecule has 37 heteroatoms. The number of aliphatic hydroxyl groups excluding tert-OH is 2. The topological polar surface area (TPSA) is 467 Å². The van der Waals surface area contributed by atoms with Crippen molar-refractivity contribution >= 4 is 86.9 Å². The summed E-state index contributed by atoms with van der Waals surface area (Å²) in [6.07, 6.45) is 23.0. The fourth-order valence-corrected chi connectivity index (χ4v) is 18.5. The number of nitrogens with two attached hydrogens (primary N) is 1. The van der Waals surface area contributed by atoms with E-state index in [9.17, 15) is 53.7 Å². The van der Waals surface area contributed by atoms with Gasteiger partial charge in [0.15, 0.2) is 5.65 Å². The molecule has 5 aliphatic heterocycles. The number of ketones is 3. The van der Waals surface area contributed by atoms with E-state index in [1.54, 1.807) is 59.7 Å². The van der Waals surface area contributed by atoms with Crippen molar-refractivity contribution < 1.29 is 96.3 Å². The van der Waals surface area contributed by atoms with Crippen LogP contribution in [0.15, 0.2) is 121 Å². The normalized spacial score (nSPS) is 26.5. The monoisotopic (exact) mass is 1870 g/mol. The van der Waals surface area contributed by atoms with Gasteiger partial charge >= 0.3 is 12.1 Å². The zero-order chi connectivity index (χ0) is 95.7. The molecule has 1 aliphatic carbocycles. The number of Topliss-reactive ketones (excluding diaryl/α,β-unsaturated/α-hetero) is 3. The number of piperidine rings is 1. The molecular weight excluding hydrogens is 1740 g/mol. The van der Waals surface area contributed by atoms with Crippen LogP contribution in [0.3, 0.4) is 0 Å². The number of carbonyl (C=O) groups is 8. The second-order valence-corrected chi connectivity index (χ2v) is 36.3. The molecule has 0 radical (unpaired) electrons. The molecule has 2 unspecified atom stereocenters. The minimum atomic E-state index is -2.48. The molecule has 6 aromatic heterocycles. The zero-order valence-electron chi connectivity index (χ0n) is 78.6. The summed E-state index contributed by atoms with van der Waals surface area (Å²) in [5.41, 5.74) is 14.8. The van der Waals surface area contributed by atoms with Gasteiger partial charge in [-0.2, -0.15) is 5.10 Å². The maximum atomic E-state index is 14.6. The number of H-pyrrole nitrogens is 1. The molecule has 7 aromatic rings. The van der Waals surface area contributed by atoms with Crippen molar-refractivity contribution in [3.8, 4) is 11.3 Å². The first-order valence-electron chi connectivity index (χ1n) is 47.3. The fraction of sp³-hybridized carbons (Fsp3) is 0.571. The van der Waals surface area contributed by atoms with Crippen LogP contribution in [-0.4, -0.2) is 289 Å². The maximum absolute atomic E-state index is 14.6. The van der Waals surface area contributed by atoms with Gasteiger partial charge in [-0.05, 0) is 143 Å². The predicted molar refractivity (Wildman–Crippen MR) is 500 cm³/mol. The zero-order valence-corrected chi connectivity index (χ0v) is 78.6. The van der Waals surface area contributed by atoms with Crippen LogP contribution in [0.1, 0.15) is 170 Å². The van der Waals surface area contributed by atoms with Gasteiger partial charge in [-0.3, -0.25) is 28.8 Å². The lowest BCUT2D eigenvalue weighted by Gasteiger charge is -2.42. The van der Waals surface area contributed by atoms with Crippen LogP contribution in [0.5, 0.6) is 0 Å². The number of hydrogen-bond donors (Lipinski definition) is 7. The maximum Gasteiger partial charge on any atom is 0.407 e. The number of anilines is 3. The van der Waals surface area contributed by atoms with E-state index >= 15 is 0 Å². The van der Waals surface area contributed by atoms with Gasteiger partial charge in [0, 0.05) is 157 Å². The summed E-state index contributed by atoms with van der Waals surface area (Å²) in [6, 6.07) is 8.66. The number of nitrogens with one attached hydrogen (secondary N) is 3. The number of amides is 4. The van der Waals surface area contributed by atoms with Crippen LogP contribution in [0.25, 0.3) is 33.3 Å². The summed E-state index contributed by atoms with van der Waals surface area (Å²) in [5.74, 6) is -7.01. The van der Waals surface area contributed by atoms with Crippen molar-refractivity contribution in [2.45, 2.75) is 218 Å². The molecule has 6 aliphatic rings. The molecule has 728 valence electrons. The Balaban J connectivity index is 0.493. The number of ether oxygens (including phenoxy) is 9. The number of benzene rings is 1. The number of alkyl carbamates (subject to hydrolysis) is 1. The first kappa shape index (κ1) is 101. The van der Waals surface area contributed by atoms with Gasteiger partial charge in [-0.25, -0.2) is 49.2 Å². The third kappa shape index (κ3) is 27.1. The first-order valence-corrected chi connectivity index (χ1v) is 47.3. The van der Waals surface area contributed by atoms with E-state index in [4.69, 9.17) is 53.5 Å². The third-order valence-corrected chi connectivity index (χ3v) is 26.6. The molecule has 14 atom stereocenters. The highest BCUT2D eigenvalue weighted by Gasteiger charge is 2.53. The lowest BCUT2D eigenvalue weighted by atomic mass is 9.81. The predicted octanol–water partition coefficient (Wildman–Crippen LogP) is 8.60. The summed E-state index contributed by atoms with van der Waals surface area (Å²) in [6.45, 7) is 16.3. The summed E-state index contributed by atoms with van der Waals surface area (Å²) >= 11 is 0. The van der Waals surface area contributed by atoms with E-state index in [2.05, 4.69) is 68.7 Å². The van der Waals surface area contributed by atoms with Crippen LogP contribution >= 0.6 is 0 Å². The number of esters is 1. The number of methoxy groups -OCH3 is 2. The minimum Gasteiger partial charge on any atom is -0.460 e. The second-order valence-electron chi connectivity index (χ2n) is 36.3. The highest BCUT2D eigenvalue weighted by molar-refractivity contribution is 6.39. The Kier molecular flexibility index (Phi) is 36.7. The molecular formula is C98H131N17O20. The molecule has 1 aromatic carbocycles. The van der Waals surface area contributed by atoms with Crippen molar-refractivity contribution in [1.29, 1.82) is 0 Å². The van der Waals surface area contributed by atoms with Gasteiger partial charge in [-0.15, -0.1) is 0 Å². The number of nitrogens with zero attached hydrogens (tertiary/aromatic N) is 13. The number of piperazine rings is 1. The number of fused-ring (bicyclic) bond motifs is 6. The first-order chi connectivity index (χ1) is 65.2. The Hall–Kier alpha value is -11.3. The SMILES string of the molecule is CO[C@H]1CC2CC[C@@H](C)[C@@](O)(O2)C(=O)C(=O)N2CCCC[C@H]2C(=O)O[C@H](CC[C@@H]2CC[C@@H](OC(=O)NCc3cnc(N4CCN(c5ncc(C(=O)NCCOCCOCCOCCOCCC(=O)N6CCc7cc(Cn8nc(-c9cnc%10[nH]ccc%10c9)c9c(N)ncnc98)ccc7C6)cn5)CC4CO)nc3)[C@H](OC)C2)CC(=O)[C@H](C)/C=C(\C)[C@@H](O)CC(=O)[C@H](C)C[C@H](C)/C=C/C=C/C=C/1C. The smallest absolute Gasteiger partial charge is 0.407 e. The largest absolute Gasteiger partial charge is 0.460 e.